The lowest BCUT2D eigenvalue weighted by Crippen LogP contribution is -2.16. The van der Waals surface area contributed by atoms with Crippen LogP contribution in [0, 0.1) is 5.92 Å². The summed E-state index contributed by atoms with van der Waals surface area (Å²) in [7, 11) is 3.22. The predicted octanol–water partition coefficient (Wildman–Crippen LogP) is 4.03. The molecule has 0 saturated heterocycles. The van der Waals surface area contributed by atoms with Crippen LogP contribution in [0.3, 0.4) is 0 Å². The lowest BCUT2D eigenvalue weighted by molar-refractivity contribution is -0.122. The summed E-state index contributed by atoms with van der Waals surface area (Å²) in [6, 6.07) is 5.68. The van der Waals surface area contributed by atoms with E-state index >= 15 is 0 Å². The van der Waals surface area contributed by atoms with Crippen molar-refractivity contribution in [3.63, 3.8) is 0 Å². The van der Waals surface area contributed by atoms with Gasteiger partial charge < -0.3 is 9.47 Å². The lowest BCUT2D eigenvalue weighted by Gasteiger charge is -2.14. The zero-order valence-electron chi connectivity index (χ0n) is 13.1. The second kappa shape index (κ2) is 8.62. The van der Waals surface area contributed by atoms with Crippen LogP contribution < -0.4 is 9.47 Å². The number of ether oxygens (including phenoxy) is 2. The first kappa shape index (κ1) is 16.5. The van der Waals surface area contributed by atoms with Crippen LogP contribution >= 0.6 is 0 Å². The lowest BCUT2D eigenvalue weighted by atomic mass is 9.91. The maximum Gasteiger partial charge on any atom is 0.161 e. The molecule has 1 atom stereocenters. The molecule has 0 amide bonds. The standard InChI is InChI=1S/C17H26O3/c1-5-7-8-14(6-2)15(18)11-13-9-10-16(19-3)17(12-13)20-4/h9-10,12,14H,5-8,11H2,1-4H3. The Morgan fingerprint density at radius 1 is 1.15 bits per heavy atom. The van der Waals surface area contributed by atoms with Crippen LogP contribution in [0.25, 0.3) is 0 Å². The van der Waals surface area contributed by atoms with Gasteiger partial charge in [-0.2, -0.15) is 0 Å². The molecule has 0 saturated carbocycles. The van der Waals surface area contributed by atoms with Gasteiger partial charge in [0.15, 0.2) is 11.5 Å². The summed E-state index contributed by atoms with van der Waals surface area (Å²) >= 11 is 0. The Labute approximate surface area is 122 Å². The summed E-state index contributed by atoms with van der Waals surface area (Å²) in [6.07, 6.45) is 4.66. The molecule has 3 heteroatoms. The summed E-state index contributed by atoms with van der Waals surface area (Å²) in [5, 5.41) is 0. The smallest absolute Gasteiger partial charge is 0.161 e. The molecule has 0 spiro atoms. The van der Waals surface area contributed by atoms with Gasteiger partial charge in [-0.25, -0.2) is 0 Å². The number of rotatable bonds is 9. The third-order valence-corrected chi connectivity index (χ3v) is 3.68. The van der Waals surface area contributed by atoms with Gasteiger partial charge in [0, 0.05) is 12.3 Å². The topological polar surface area (TPSA) is 35.5 Å². The summed E-state index contributed by atoms with van der Waals surface area (Å²) in [4.78, 5) is 12.3. The molecule has 1 rings (SSSR count). The first-order valence-corrected chi connectivity index (χ1v) is 7.39. The van der Waals surface area contributed by atoms with E-state index in [0.29, 0.717) is 23.7 Å². The number of carbonyl (C=O) groups excluding carboxylic acids is 1. The second-order valence-corrected chi connectivity index (χ2v) is 5.08. The quantitative estimate of drug-likeness (QED) is 0.684. The molecule has 0 heterocycles. The van der Waals surface area contributed by atoms with Crippen LogP contribution in [0.4, 0.5) is 0 Å². The highest BCUT2D eigenvalue weighted by molar-refractivity contribution is 5.83. The first-order chi connectivity index (χ1) is 9.65. The minimum atomic E-state index is 0.183. The predicted molar refractivity (Wildman–Crippen MR) is 81.6 cm³/mol. The molecule has 0 bridgehead atoms. The van der Waals surface area contributed by atoms with Crippen molar-refractivity contribution < 1.29 is 14.3 Å². The van der Waals surface area contributed by atoms with E-state index in [0.717, 1.165) is 31.2 Å². The summed E-state index contributed by atoms with van der Waals surface area (Å²) in [6.45, 7) is 4.25. The molecule has 0 radical (unpaired) electrons. The highest BCUT2D eigenvalue weighted by Gasteiger charge is 2.17. The van der Waals surface area contributed by atoms with Crippen molar-refractivity contribution in [1.82, 2.24) is 0 Å². The molecule has 0 aliphatic rings. The molecule has 1 aromatic rings. The Bertz CT molecular complexity index is 426. The number of hydrogen-bond acceptors (Lipinski definition) is 3. The zero-order valence-corrected chi connectivity index (χ0v) is 13.1. The van der Waals surface area contributed by atoms with Crippen molar-refractivity contribution in [2.45, 2.75) is 46.0 Å². The van der Waals surface area contributed by atoms with Gasteiger partial charge in [-0.05, 0) is 30.5 Å². The van der Waals surface area contributed by atoms with Crippen LogP contribution in [-0.4, -0.2) is 20.0 Å². The molecule has 1 unspecified atom stereocenters. The molecule has 20 heavy (non-hydrogen) atoms. The minimum Gasteiger partial charge on any atom is -0.493 e. The fraction of sp³-hybridized carbons (Fsp3) is 0.588. The highest BCUT2D eigenvalue weighted by atomic mass is 16.5. The average molecular weight is 278 g/mol. The maximum absolute atomic E-state index is 12.3. The Balaban J connectivity index is 2.74. The minimum absolute atomic E-state index is 0.183. The van der Waals surface area contributed by atoms with Gasteiger partial charge in [0.25, 0.3) is 0 Å². The third-order valence-electron chi connectivity index (χ3n) is 3.68. The van der Waals surface area contributed by atoms with E-state index in [2.05, 4.69) is 13.8 Å². The second-order valence-electron chi connectivity index (χ2n) is 5.08. The number of methoxy groups -OCH3 is 2. The van der Waals surface area contributed by atoms with E-state index in [1.165, 1.54) is 0 Å². The number of hydrogen-bond donors (Lipinski definition) is 0. The van der Waals surface area contributed by atoms with Gasteiger partial charge in [-0.1, -0.05) is 32.8 Å². The average Bonchev–Trinajstić information content (AvgIpc) is 2.47. The molecule has 0 N–H and O–H groups in total. The van der Waals surface area contributed by atoms with Gasteiger partial charge in [0.05, 0.1) is 14.2 Å². The van der Waals surface area contributed by atoms with Gasteiger partial charge >= 0.3 is 0 Å². The van der Waals surface area contributed by atoms with E-state index in [1.54, 1.807) is 14.2 Å². The maximum atomic E-state index is 12.3. The molecule has 0 aliphatic carbocycles. The molecule has 0 aliphatic heterocycles. The molecule has 0 fully saturated rings. The molecular formula is C17H26O3. The van der Waals surface area contributed by atoms with Gasteiger partial charge in [-0.15, -0.1) is 0 Å². The van der Waals surface area contributed by atoms with Gasteiger partial charge in [-0.3, -0.25) is 4.79 Å². The van der Waals surface area contributed by atoms with Crippen LogP contribution in [0.15, 0.2) is 18.2 Å². The van der Waals surface area contributed by atoms with Crippen molar-refractivity contribution >= 4 is 5.78 Å². The largest absolute Gasteiger partial charge is 0.493 e. The zero-order chi connectivity index (χ0) is 15.0. The van der Waals surface area contributed by atoms with E-state index < -0.39 is 0 Å². The summed E-state index contributed by atoms with van der Waals surface area (Å²) in [5.74, 6) is 1.89. The van der Waals surface area contributed by atoms with Crippen molar-refractivity contribution in [2.24, 2.45) is 5.92 Å². The van der Waals surface area contributed by atoms with Crippen molar-refractivity contribution in [3.05, 3.63) is 23.8 Å². The Kier molecular flexibility index (Phi) is 7.13. The van der Waals surface area contributed by atoms with E-state index in [4.69, 9.17) is 9.47 Å². The monoisotopic (exact) mass is 278 g/mol. The Morgan fingerprint density at radius 2 is 1.85 bits per heavy atom. The van der Waals surface area contributed by atoms with Crippen molar-refractivity contribution in [3.8, 4) is 11.5 Å². The summed E-state index contributed by atoms with van der Waals surface area (Å²) < 4.78 is 10.5. The molecule has 1 aromatic carbocycles. The molecule has 3 nitrogen and oxygen atoms in total. The van der Waals surface area contributed by atoms with Crippen molar-refractivity contribution in [1.29, 1.82) is 0 Å². The number of Topliss-reactive ketones (excluding diaryl/α,β-unsaturated/α-hetero) is 1. The number of carbonyl (C=O) groups is 1. The fourth-order valence-corrected chi connectivity index (χ4v) is 2.38. The fourth-order valence-electron chi connectivity index (χ4n) is 2.38. The van der Waals surface area contributed by atoms with E-state index in [9.17, 15) is 4.79 Å². The third kappa shape index (κ3) is 4.55. The Hall–Kier alpha value is -1.51. The number of benzene rings is 1. The molecular weight excluding hydrogens is 252 g/mol. The first-order valence-electron chi connectivity index (χ1n) is 7.39. The summed E-state index contributed by atoms with van der Waals surface area (Å²) in [5.41, 5.74) is 0.989. The number of ketones is 1. The van der Waals surface area contributed by atoms with Gasteiger partial charge in [0.1, 0.15) is 5.78 Å². The van der Waals surface area contributed by atoms with Crippen LogP contribution in [0.5, 0.6) is 11.5 Å². The van der Waals surface area contributed by atoms with Crippen molar-refractivity contribution in [2.75, 3.05) is 14.2 Å². The molecule has 0 aromatic heterocycles. The van der Waals surface area contributed by atoms with Crippen LogP contribution in [-0.2, 0) is 11.2 Å². The van der Waals surface area contributed by atoms with E-state index in [1.807, 2.05) is 18.2 Å². The Morgan fingerprint density at radius 3 is 2.40 bits per heavy atom. The molecule has 112 valence electrons. The SMILES string of the molecule is CCCCC(CC)C(=O)Cc1ccc(OC)c(OC)c1. The van der Waals surface area contributed by atoms with E-state index in [-0.39, 0.29) is 5.92 Å². The normalized spacial score (nSPS) is 12.0. The highest BCUT2D eigenvalue weighted by Crippen LogP contribution is 2.28. The van der Waals surface area contributed by atoms with Gasteiger partial charge in [0.2, 0.25) is 0 Å². The van der Waals surface area contributed by atoms with Crippen LogP contribution in [0.1, 0.15) is 45.1 Å². The van der Waals surface area contributed by atoms with Crippen LogP contribution in [0.2, 0.25) is 0 Å². The number of unbranched alkanes of at least 4 members (excludes halogenated alkanes) is 1.